The third kappa shape index (κ3) is 23.3. The summed E-state index contributed by atoms with van der Waals surface area (Å²) in [6.45, 7) is 34.8. The highest BCUT2D eigenvalue weighted by atomic mass is 16.6. The van der Waals surface area contributed by atoms with E-state index in [1.165, 1.54) is 16.7 Å². The minimum Gasteiger partial charge on any atom is -0.493 e. The van der Waals surface area contributed by atoms with E-state index in [-0.39, 0.29) is 49.6 Å². The largest absolute Gasteiger partial charge is 0.493 e. The van der Waals surface area contributed by atoms with E-state index < -0.39 is 22.4 Å². The molecular formula is C64H97N5O9. The van der Waals surface area contributed by atoms with Crippen LogP contribution in [0.1, 0.15) is 149 Å². The van der Waals surface area contributed by atoms with Crippen LogP contribution in [0.4, 0.5) is 0 Å². The smallest absolute Gasteiger partial charge is 0.323 e. The molecule has 0 amide bonds. The highest BCUT2D eigenvalue weighted by molar-refractivity contribution is 5.79. The maximum Gasteiger partial charge on any atom is 0.323 e. The first-order chi connectivity index (χ1) is 36.6. The average Bonchev–Trinajstić information content (AvgIpc) is 3.31. The third-order valence-electron chi connectivity index (χ3n) is 13.6. The summed E-state index contributed by atoms with van der Waals surface area (Å²) in [5.41, 5.74) is 5.61. The van der Waals surface area contributed by atoms with Crippen molar-refractivity contribution in [3.63, 3.8) is 0 Å². The van der Waals surface area contributed by atoms with Crippen LogP contribution in [-0.2, 0) is 44.7 Å². The van der Waals surface area contributed by atoms with E-state index in [0.29, 0.717) is 65.5 Å². The summed E-state index contributed by atoms with van der Waals surface area (Å²) in [7, 11) is 0. The summed E-state index contributed by atoms with van der Waals surface area (Å²) in [5, 5.41) is 0. The number of rotatable bonds is 19. The van der Waals surface area contributed by atoms with Gasteiger partial charge in [-0.2, -0.15) is 0 Å². The number of unbranched alkanes of at least 4 members (excludes halogenated alkanes) is 2. The van der Waals surface area contributed by atoms with E-state index in [9.17, 15) is 19.2 Å². The van der Waals surface area contributed by atoms with Crippen LogP contribution in [0.15, 0.2) is 60.7 Å². The van der Waals surface area contributed by atoms with Gasteiger partial charge in [-0.1, -0.05) is 73.2 Å². The van der Waals surface area contributed by atoms with Crippen LogP contribution in [0.3, 0.4) is 0 Å². The van der Waals surface area contributed by atoms with Gasteiger partial charge in [0, 0.05) is 64.5 Å². The van der Waals surface area contributed by atoms with E-state index in [0.717, 1.165) is 79.6 Å². The van der Waals surface area contributed by atoms with Gasteiger partial charge in [-0.3, -0.25) is 38.8 Å². The predicted molar refractivity (Wildman–Crippen MR) is 313 cm³/mol. The maximum absolute atomic E-state index is 13.6. The van der Waals surface area contributed by atoms with Crippen molar-refractivity contribution in [2.24, 2.45) is 0 Å². The molecule has 0 aliphatic carbocycles. The molecule has 3 aromatic carbocycles. The van der Waals surface area contributed by atoms with E-state index >= 15 is 0 Å². The van der Waals surface area contributed by atoms with E-state index in [1.807, 2.05) is 89.2 Å². The van der Waals surface area contributed by atoms with Crippen molar-refractivity contribution < 1.29 is 42.9 Å². The lowest BCUT2D eigenvalue weighted by molar-refractivity contribution is -0.163. The molecule has 0 N–H and O–H groups in total. The lowest BCUT2D eigenvalue weighted by Gasteiger charge is -2.36. The molecule has 432 valence electrons. The summed E-state index contributed by atoms with van der Waals surface area (Å²) < 4.78 is 30.0. The molecule has 5 rings (SSSR count). The van der Waals surface area contributed by atoms with Gasteiger partial charge in [-0.15, -0.1) is 0 Å². The first kappa shape index (κ1) is 63.7. The van der Waals surface area contributed by atoms with Gasteiger partial charge in [0.1, 0.15) is 34.2 Å². The molecule has 78 heavy (non-hydrogen) atoms. The maximum atomic E-state index is 13.6. The standard InChI is InChI=1S/C64H97N5O9/c1-48-42-53(44-69-32-21-19-28-55(69)60(73)78-64(12,13)14)56(43-52(48)30-29-50-26-23-27-54(49(50)2)51-24-17-15-18-25-51)74-41-22-16-20-31-65-33-35-66(45-57(70)75-61(3,4)5)37-39-68(47-59(72)77-63(9,10)11)40-38-67(36-34-65)46-58(71)76-62(6,7)8/h15,17-18,23-27,29-30,42-43,55H,16,19-22,28,31-41,44-47H2,1-14H3/b30-29+/t55-/m0/s1. The van der Waals surface area contributed by atoms with E-state index in [1.54, 1.807) is 0 Å². The molecule has 2 aliphatic rings. The second kappa shape index (κ2) is 29.4. The zero-order chi connectivity index (χ0) is 57.3. The number of piperidine rings is 1. The molecule has 0 spiro atoms. The highest BCUT2D eigenvalue weighted by Gasteiger charge is 2.33. The van der Waals surface area contributed by atoms with Gasteiger partial charge in [0.2, 0.25) is 0 Å². The Bertz CT molecular complexity index is 2380. The number of benzene rings is 3. The summed E-state index contributed by atoms with van der Waals surface area (Å²) in [6.07, 6.45) is 9.85. The van der Waals surface area contributed by atoms with Crippen LogP contribution in [0.25, 0.3) is 23.3 Å². The van der Waals surface area contributed by atoms with Gasteiger partial charge in [-0.05, 0) is 182 Å². The number of esters is 4. The summed E-state index contributed by atoms with van der Waals surface area (Å²) in [6, 6.07) is 21.0. The van der Waals surface area contributed by atoms with Gasteiger partial charge in [0.25, 0.3) is 0 Å². The molecule has 2 saturated heterocycles. The first-order valence-corrected chi connectivity index (χ1v) is 28.7. The minimum atomic E-state index is -0.627. The molecule has 0 bridgehead atoms. The molecule has 14 nitrogen and oxygen atoms in total. The molecule has 0 aromatic heterocycles. The molecule has 0 radical (unpaired) electrons. The Balaban J connectivity index is 1.32. The molecule has 0 unspecified atom stereocenters. The second-order valence-corrected chi connectivity index (χ2v) is 25.4. The molecule has 2 aliphatic heterocycles. The van der Waals surface area contributed by atoms with Gasteiger partial charge in [0.05, 0.1) is 26.2 Å². The van der Waals surface area contributed by atoms with Crippen molar-refractivity contribution in [3.8, 4) is 16.9 Å². The van der Waals surface area contributed by atoms with Gasteiger partial charge in [0.15, 0.2) is 0 Å². The lowest BCUT2D eigenvalue weighted by atomic mass is 9.95. The van der Waals surface area contributed by atoms with Crippen LogP contribution in [-0.4, -0.2) is 169 Å². The normalized spacial score (nSPS) is 17.7. The van der Waals surface area contributed by atoms with Crippen LogP contribution in [0.2, 0.25) is 0 Å². The fraction of sp³-hybridized carbons (Fsp3) is 0.625. The Morgan fingerprint density at radius 3 is 1.55 bits per heavy atom. The first-order valence-electron chi connectivity index (χ1n) is 28.7. The summed E-state index contributed by atoms with van der Waals surface area (Å²) in [5.74, 6) is -0.231. The monoisotopic (exact) mass is 1080 g/mol. The Morgan fingerprint density at radius 2 is 1.04 bits per heavy atom. The molecule has 1 atom stereocenters. The van der Waals surface area contributed by atoms with Crippen molar-refractivity contribution in [2.75, 3.05) is 91.7 Å². The fourth-order valence-electron chi connectivity index (χ4n) is 9.92. The zero-order valence-corrected chi connectivity index (χ0v) is 50.3. The average molecular weight is 1080 g/mol. The predicted octanol–water partition coefficient (Wildman–Crippen LogP) is 10.6. The van der Waals surface area contributed by atoms with Crippen molar-refractivity contribution in [1.82, 2.24) is 24.5 Å². The number of aryl methyl sites for hydroxylation is 1. The topological polar surface area (TPSA) is 131 Å². The Morgan fingerprint density at radius 1 is 0.538 bits per heavy atom. The minimum absolute atomic E-state index is 0.0916. The number of carbonyl (C=O) groups is 4. The van der Waals surface area contributed by atoms with Crippen LogP contribution in [0.5, 0.6) is 5.75 Å². The Kier molecular flexibility index (Phi) is 24.0. The second-order valence-electron chi connectivity index (χ2n) is 25.4. The Labute approximate surface area is 469 Å². The molecule has 3 aromatic rings. The number of hydrogen-bond donors (Lipinski definition) is 0. The van der Waals surface area contributed by atoms with Crippen LogP contribution < -0.4 is 4.74 Å². The molecule has 2 fully saturated rings. The number of nitrogens with zero attached hydrogens (tertiary/aromatic N) is 5. The van der Waals surface area contributed by atoms with Crippen molar-refractivity contribution >= 4 is 36.0 Å². The van der Waals surface area contributed by atoms with Gasteiger partial charge < -0.3 is 28.6 Å². The zero-order valence-electron chi connectivity index (χ0n) is 50.3. The van der Waals surface area contributed by atoms with Crippen LogP contribution >= 0.6 is 0 Å². The highest BCUT2D eigenvalue weighted by Crippen LogP contribution is 2.32. The fourth-order valence-corrected chi connectivity index (χ4v) is 9.92. The number of likely N-dealkylation sites (tertiary alicyclic amines) is 1. The van der Waals surface area contributed by atoms with E-state index in [2.05, 4.69) is 105 Å². The molecular weight excluding hydrogens is 983 g/mol. The summed E-state index contributed by atoms with van der Waals surface area (Å²) >= 11 is 0. The SMILES string of the molecule is Cc1cc(CN2CCCC[C@H]2C(=O)OC(C)(C)C)c(OCCCCCN2CCN(CC(=O)OC(C)(C)C)CCN(CC(=O)OC(C)(C)C)CCN(CC(=O)OC(C)(C)C)CC2)cc1/C=C/c1cccc(-c2ccccc2)c1C. The molecule has 2 heterocycles. The van der Waals surface area contributed by atoms with Gasteiger partial charge in [-0.25, -0.2) is 0 Å². The van der Waals surface area contributed by atoms with Crippen molar-refractivity contribution in [1.29, 1.82) is 0 Å². The van der Waals surface area contributed by atoms with Crippen LogP contribution in [0, 0.1) is 13.8 Å². The molecule has 14 heteroatoms. The van der Waals surface area contributed by atoms with E-state index in [4.69, 9.17) is 23.7 Å². The molecule has 0 saturated carbocycles. The quantitative estimate of drug-likeness (QED) is 0.0488. The number of carbonyl (C=O) groups excluding carboxylic acids is 4. The van der Waals surface area contributed by atoms with Crippen molar-refractivity contribution in [2.45, 2.75) is 170 Å². The van der Waals surface area contributed by atoms with Gasteiger partial charge >= 0.3 is 23.9 Å². The number of ether oxygens (including phenoxy) is 5. The Hall–Kier alpha value is -5.12. The van der Waals surface area contributed by atoms with Crippen molar-refractivity contribution in [3.05, 3.63) is 88.5 Å². The summed E-state index contributed by atoms with van der Waals surface area (Å²) in [4.78, 5) is 64.3. The lowest BCUT2D eigenvalue weighted by Crippen LogP contribution is -2.49. The third-order valence-corrected chi connectivity index (χ3v) is 13.6. The number of hydrogen-bond acceptors (Lipinski definition) is 14.